The molecule has 22 heavy (non-hydrogen) atoms. The van der Waals surface area contributed by atoms with Gasteiger partial charge in [-0.2, -0.15) is 26.3 Å². The number of nitrogens with zero attached hydrogens (tertiary/aromatic N) is 1. The fourth-order valence-electron chi connectivity index (χ4n) is 2.95. The van der Waals surface area contributed by atoms with E-state index in [1.807, 2.05) is 0 Å². The van der Waals surface area contributed by atoms with Gasteiger partial charge in [0.05, 0.1) is 0 Å². The molecule has 0 saturated carbocycles. The Morgan fingerprint density at radius 3 is 1.95 bits per heavy atom. The van der Waals surface area contributed by atoms with Gasteiger partial charge in [0.25, 0.3) is 0 Å². The highest BCUT2D eigenvalue weighted by molar-refractivity contribution is 5.85. The van der Waals surface area contributed by atoms with Crippen LogP contribution < -0.4 is 5.32 Å². The van der Waals surface area contributed by atoms with Gasteiger partial charge in [-0.25, -0.2) is 0 Å². The number of carbonyl (C=O) groups is 1. The molecule has 2 saturated heterocycles. The van der Waals surface area contributed by atoms with E-state index in [1.54, 1.807) is 0 Å². The lowest BCUT2D eigenvalue weighted by atomic mass is 9.85. The first-order valence-corrected chi connectivity index (χ1v) is 6.71. The van der Waals surface area contributed by atoms with E-state index >= 15 is 0 Å². The monoisotopic (exact) mass is 354 g/mol. The molecule has 1 amide bonds. The standard InChI is InChI=1S/C12H16F6N2O.ClH/c13-11(14,15)10(12(16,17)18)3-6-20(7-10)9(21)8-1-4-19-5-2-8;/h8,19H,1-7H2;1H. The van der Waals surface area contributed by atoms with Gasteiger partial charge in [0.15, 0.2) is 5.41 Å². The normalized spacial score (nSPS) is 23.3. The summed E-state index contributed by atoms with van der Waals surface area (Å²) in [6.07, 6.45) is -11.0. The van der Waals surface area contributed by atoms with Crippen molar-refractivity contribution in [3.05, 3.63) is 0 Å². The van der Waals surface area contributed by atoms with Gasteiger partial charge in [0, 0.05) is 19.0 Å². The molecular formula is C12H17ClF6N2O. The van der Waals surface area contributed by atoms with E-state index < -0.39 is 49.1 Å². The molecule has 2 aliphatic rings. The van der Waals surface area contributed by atoms with Crippen molar-refractivity contribution in [1.29, 1.82) is 0 Å². The summed E-state index contributed by atoms with van der Waals surface area (Å²) < 4.78 is 77.5. The predicted molar refractivity (Wildman–Crippen MR) is 68.6 cm³/mol. The third-order valence-corrected chi connectivity index (χ3v) is 4.35. The Morgan fingerprint density at radius 1 is 1.05 bits per heavy atom. The molecule has 1 N–H and O–H groups in total. The molecular weight excluding hydrogens is 338 g/mol. The lowest BCUT2D eigenvalue weighted by Gasteiger charge is -2.34. The lowest BCUT2D eigenvalue weighted by molar-refractivity contribution is -0.334. The zero-order chi connectivity index (χ0) is 15.9. The molecule has 0 bridgehead atoms. The summed E-state index contributed by atoms with van der Waals surface area (Å²) in [4.78, 5) is 12.8. The largest absolute Gasteiger partial charge is 0.404 e. The summed E-state index contributed by atoms with van der Waals surface area (Å²) in [6.45, 7) is -0.716. The van der Waals surface area contributed by atoms with Crippen molar-refractivity contribution in [3.63, 3.8) is 0 Å². The van der Waals surface area contributed by atoms with E-state index in [4.69, 9.17) is 0 Å². The maximum absolute atomic E-state index is 12.9. The first-order valence-electron chi connectivity index (χ1n) is 6.71. The summed E-state index contributed by atoms with van der Waals surface area (Å²) in [5.74, 6) is -1.07. The number of carbonyl (C=O) groups excluding carboxylic acids is 1. The van der Waals surface area contributed by atoms with E-state index in [1.165, 1.54) is 0 Å². The Kier molecular flexibility index (Phi) is 5.65. The van der Waals surface area contributed by atoms with Gasteiger partial charge < -0.3 is 10.2 Å². The SMILES string of the molecule is Cl.O=C(C1CCNCC1)N1CCC(C(F)(F)F)(C(F)(F)F)C1. The Balaban J connectivity index is 0.00000242. The minimum Gasteiger partial charge on any atom is -0.341 e. The Bertz CT molecular complexity index is 391. The maximum Gasteiger partial charge on any atom is 0.404 e. The van der Waals surface area contributed by atoms with Crippen molar-refractivity contribution in [1.82, 2.24) is 10.2 Å². The average molecular weight is 355 g/mol. The number of likely N-dealkylation sites (tertiary alicyclic amines) is 1. The third kappa shape index (κ3) is 3.29. The molecule has 2 heterocycles. The van der Waals surface area contributed by atoms with Crippen LogP contribution in [0.1, 0.15) is 19.3 Å². The molecule has 3 nitrogen and oxygen atoms in total. The molecule has 0 aromatic rings. The number of alkyl halides is 6. The van der Waals surface area contributed by atoms with Gasteiger partial charge in [-0.1, -0.05) is 0 Å². The Morgan fingerprint density at radius 2 is 1.55 bits per heavy atom. The minimum atomic E-state index is -5.41. The summed E-state index contributed by atoms with van der Waals surface area (Å²) in [7, 11) is 0. The molecule has 2 fully saturated rings. The molecule has 10 heteroatoms. The number of amides is 1. The van der Waals surface area contributed by atoms with Crippen LogP contribution in [0.25, 0.3) is 0 Å². The Labute approximate surface area is 129 Å². The van der Waals surface area contributed by atoms with Crippen LogP contribution in [-0.4, -0.2) is 49.3 Å². The van der Waals surface area contributed by atoms with Crippen LogP contribution in [-0.2, 0) is 4.79 Å². The van der Waals surface area contributed by atoms with Crippen LogP contribution in [0, 0.1) is 11.3 Å². The second-order valence-corrected chi connectivity index (χ2v) is 5.61. The first kappa shape index (κ1) is 19.3. The highest BCUT2D eigenvalue weighted by Crippen LogP contribution is 2.55. The van der Waals surface area contributed by atoms with Crippen LogP contribution in [0.15, 0.2) is 0 Å². The summed E-state index contributed by atoms with van der Waals surface area (Å²) in [5, 5.41) is 2.99. The van der Waals surface area contributed by atoms with Gasteiger partial charge in [0.1, 0.15) is 0 Å². The van der Waals surface area contributed by atoms with Gasteiger partial charge in [0.2, 0.25) is 5.91 Å². The van der Waals surface area contributed by atoms with Crippen LogP contribution in [0.5, 0.6) is 0 Å². The molecule has 0 aromatic heterocycles. The van der Waals surface area contributed by atoms with Crippen molar-refractivity contribution >= 4 is 18.3 Å². The summed E-state index contributed by atoms with van der Waals surface area (Å²) >= 11 is 0. The number of rotatable bonds is 1. The molecule has 0 aliphatic carbocycles. The van der Waals surface area contributed by atoms with Gasteiger partial charge in [-0.05, 0) is 32.4 Å². The molecule has 0 atom stereocenters. The minimum absolute atomic E-state index is 0. The lowest BCUT2D eigenvalue weighted by Crippen LogP contribution is -2.52. The quantitative estimate of drug-likeness (QED) is 0.734. The predicted octanol–water partition coefficient (Wildman–Crippen LogP) is 2.75. The third-order valence-electron chi connectivity index (χ3n) is 4.35. The zero-order valence-corrected chi connectivity index (χ0v) is 12.4. The second kappa shape index (κ2) is 6.43. The van der Waals surface area contributed by atoms with E-state index in [2.05, 4.69) is 5.32 Å². The zero-order valence-electron chi connectivity index (χ0n) is 11.6. The number of nitrogens with one attached hydrogen (secondary N) is 1. The molecule has 0 radical (unpaired) electrons. The molecule has 2 rings (SSSR count). The van der Waals surface area contributed by atoms with Crippen molar-refractivity contribution in [2.75, 3.05) is 26.2 Å². The molecule has 2 aliphatic heterocycles. The van der Waals surface area contributed by atoms with Crippen molar-refractivity contribution in [2.24, 2.45) is 11.3 Å². The van der Waals surface area contributed by atoms with E-state index in [9.17, 15) is 31.1 Å². The second-order valence-electron chi connectivity index (χ2n) is 5.61. The molecule has 0 unspecified atom stereocenters. The number of halogens is 7. The van der Waals surface area contributed by atoms with Crippen LogP contribution in [0.3, 0.4) is 0 Å². The number of piperidine rings is 1. The number of hydrogen-bond donors (Lipinski definition) is 1. The first-order chi connectivity index (χ1) is 9.58. The van der Waals surface area contributed by atoms with Crippen molar-refractivity contribution in [2.45, 2.75) is 31.6 Å². The Hall–Kier alpha value is -0.700. The van der Waals surface area contributed by atoms with Crippen molar-refractivity contribution in [3.8, 4) is 0 Å². The fourth-order valence-corrected chi connectivity index (χ4v) is 2.95. The summed E-state index contributed by atoms with van der Waals surface area (Å²) in [5.41, 5.74) is -3.79. The van der Waals surface area contributed by atoms with Gasteiger partial charge in [-0.15, -0.1) is 12.4 Å². The van der Waals surface area contributed by atoms with Crippen LogP contribution in [0.2, 0.25) is 0 Å². The smallest absolute Gasteiger partial charge is 0.341 e. The van der Waals surface area contributed by atoms with E-state index in [0.29, 0.717) is 25.9 Å². The fraction of sp³-hybridized carbons (Fsp3) is 0.917. The average Bonchev–Trinajstić information content (AvgIpc) is 2.84. The van der Waals surface area contributed by atoms with Crippen LogP contribution in [0.4, 0.5) is 26.3 Å². The van der Waals surface area contributed by atoms with Crippen molar-refractivity contribution < 1.29 is 31.1 Å². The van der Waals surface area contributed by atoms with Gasteiger partial charge in [-0.3, -0.25) is 4.79 Å². The summed E-state index contributed by atoms with van der Waals surface area (Å²) in [6, 6.07) is 0. The molecule has 130 valence electrons. The van der Waals surface area contributed by atoms with Gasteiger partial charge >= 0.3 is 12.4 Å². The highest BCUT2D eigenvalue weighted by atomic mass is 35.5. The van der Waals surface area contributed by atoms with Crippen LogP contribution >= 0.6 is 12.4 Å². The number of hydrogen-bond acceptors (Lipinski definition) is 2. The molecule has 0 spiro atoms. The topological polar surface area (TPSA) is 32.3 Å². The van der Waals surface area contributed by atoms with E-state index in [0.717, 1.165) is 4.90 Å². The molecule has 0 aromatic carbocycles. The highest BCUT2D eigenvalue weighted by Gasteiger charge is 2.72. The van der Waals surface area contributed by atoms with E-state index in [-0.39, 0.29) is 12.4 Å². The maximum atomic E-state index is 12.9.